The van der Waals surface area contributed by atoms with E-state index in [4.69, 9.17) is 5.21 Å². The molecule has 0 aliphatic heterocycles. The minimum absolute atomic E-state index is 0.652. The maximum Gasteiger partial charge on any atom is 0.0604 e. The van der Waals surface area contributed by atoms with Crippen LogP contribution in [-0.2, 0) is 6.42 Å². The van der Waals surface area contributed by atoms with Gasteiger partial charge in [-0.25, -0.2) is 0 Å². The zero-order chi connectivity index (χ0) is 8.97. The molecule has 2 N–H and O–H groups in total. The Morgan fingerprint density at radius 3 is 2.75 bits per heavy atom. The molecule has 1 aromatic carbocycles. The van der Waals surface area contributed by atoms with Crippen molar-refractivity contribution in [2.45, 2.75) is 20.3 Å². The van der Waals surface area contributed by atoms with Crippen LogP contribution in [0.25, 0.3) is 0 Å². The number of anilines is 1. The van der Waals surface area contributed by atoms with Crippen molar-refractivity contribution in [2.75, 3.05) is 5.48 Å². The van der Waals surface area contributed by atoms with E-state index < -0.39 is 0 Å². The molecular formula is C10H15NO. The molecule has 1 rings (SSSR count). The van der Waals surface area contributed by atoms with Crippen molar-refractivity contribution in [3.05, 3.63) is 29.8 Å². The van der Waals surface area contributed by atoms with E-state index in [0.717, 1.165) is 12.1 Å². The lowest BCUT2D eigenvalue weighted by molar-refractivity contribution is 0.389. The molecule has 0 aliphatic rings. The van der Waals surface area contributed by atoms with E-state index in [1.54, 1.807) is 0 Å². The normalized spacial score (nSPS) is 10.3. The lowest BCUT2D eigenvalue weighted by Crippen LogP contribution is -1.95. The van der Waals surface area contributed by atoms with Crippen molar-refractivity contribution >= 4 is 5.69 Å². The summed E-state index contributed by atoms with van der Waals surface area (Å²) in [7, 11) is 0. The molecule has 0 saturated heterocycles. The van der Waals surface area contributed by atoms with Gasteiger partial charge in [0.2, 0.25) is 0 Å². The SMILES string of the molecule is CC(C)Cc1cccc(NO)c1. The molecule has 0 aliphatic carbocycles. The van der Waals surface area contributed by atoms with Crippen LogP contribution in [-0.4, -0.2) is 5.21 Å². The maximum absolute atomic E-state index is 8.65. The van der Waals surface area contributed by atoms with Crippen LogP contribution < -0.4 is 5.48 Å². The molecule has 66 valence electrons. The fourth-order valence-electron chi connectivity index (χ4n) is 1.24. The molecule has 0 fully saturated rings. The average Bonchev–Trinajstić information content (AvgIpc) is 2.03. The summed E-state index contributed by atoms with van der Waals surface area (Å²) >= 11 is 0. The van der Waals surface area contributed by atoms with Gasteiger partial charge in [0.1, 0.15) is 0 Å². The molecule has 2 heteroatoms. The molecule has 0 radical (unpaired) electrons. The standard InChI is InChI=1S/C10H15NO/c1-8(2)6-9-4-3-5-10(7-9)11-12/h3-5,7-8,11-12H,6H2,1-2H3. The smallest absolute Gasteiger partial charge is 0.0604 e. The number of benzene rings is 1. The quantitative estimate of drug-likeness (QED) is 0.675. The van der Waals surface area contributed by atoms with Gasteiger partial charge in [-0.1, -0.05) is 26.0 Å². The summed E-state index contributed by atoms with van der Waals surface area (Å²) in [5, 5.41) is 8.65. The monoisotopic (exact) mass is 165 g/mol. The van der Waals surface area contributed by atoms with E-state index in [-0.39, 0.29) is 0 Å². The predicted molar refractivity (Wildman–Crippen MR) is 50.4 cm³/mol. The van der Waals surface area contributed by atoms with Crippen LogP contribution in [0.3, 0.4) is 0 Å². The summed E-state index contributed by atoms with van der Waals surface area (Å²) < 4.78 is 0. The molecule has 0 aromatic heterocycles. The Morgan fingerprint density at radius 1 is 1.42 bits per heavy atom. The third-order valence-electron chi connectivity index (χ3n) is 1.70. The Hall–Kier alpha value is -1.02. The lowest BCUT2D eigenvalue weighted by Gasteiger charge is -2.06. The zero-order valence-corrected chi connectivity index (χ0v) is 7.54. The summed E-state index contributed by atoms with van der Waals surface area (Å²) in [6, 6.07) is 7.81. The summed E-state index contributed by atoms with van der Waals surface area (Å²) in [6.45, 7) is 4.36. The Labute approximate surface area is 73.2 Å². The van der Waals surface area contributed by atoms with E-state index in [1.165, 1.54) is 5.56 Å². The maximum atomic E-state index is 8.65. The van der Waals surface area contributed by atoms with Gasteiger partial charge in [0.15, 0.2) is 0 Å². The van der Waals surface area contributed by atoms with Crippen LogP contribution in [0.4, 0.5) is 5.69 Å². The van der Waals surface area contributed by atoms with Gasteiger partial charge < -0.3 is 0 Å². The number of hydrogen-bond acceptors (Lipinski definition) is 2. The van der Waals surface area contributed by atoms with E-state index >= 15 is 0 Å². The predicted octanol–water partition coefficient (Wildman–Crippen LogP) is 2.69. The van der Waals surface area contributed by atoms with E-state index in [0.29, 0.717) is 5.92 Å². The average molecular weight is 165 g/mol. The number of hydrogen-bond donors (Lipinski definition) is 2. The van der Waals surface area contributed by atoms with Crippen LogP contribution in [0.15, 0.2) is 24.3 Å². The van der Waals surface area contributed by atoms with Crippen molar-refractivity contribution in [2.24, 2.45) is 5.92 Å². The fourth-order valence-corrected chi connectivity index (χ4v) is 1.24. The minimum Gasteiger partial charge on any atom is -0.291 e. The summed E-state index contributed by atoms with van der Waals surface area (Å²) in [4.78, 5) is 0. The first kappa shape index (κ1) is 9.07. The molecule has 0 bridgehead atoms. The summed E-state index contributed by atoms with van der Waals surface area (Å²) in [5.74, 6) is 0.652. The first-order valence-electron chi connectivity index (χ1n) is 4.21. The Morgan fingerprint density at radius 2 is 2.17 bits per heavy atom. The summed E-state index contributed by atoms with van der Waals surface area (Å²) in [5.41, 5.74) is 4.15. The van der Waals surface area contributed by atoms with Crippen molar-refractivity contribution in [1.29, 1.82) is 0 Å². The topological polar surface area (TPSA) is 32.3 Å². The van der Waals surface area contributed by atoms with E-state index in [2.05, 4.69) is 25.4 Å². The van der Waals surface area contributed by atoms with Crippen LogP contribution >= 0.6 is 0 Å². The second-order valence-electron chi connectivity index (χ2n) is 3.41. The number of nitrogens with one attached hydrogen (secondary N) is 1. The molecule has 1 aromatic rings. The van der Waals surface area contributed by atoms with Gasteiger partial charge in [0.05, 0.1) is 5.69 Å². The van der Waals surface area contributed by atoms with Crippen LogP contribution in [0, 0.1) is 5.92 Å². The first-order chi connectivity index (χ1) is 5.72. The summed E-state index contributed by atoms with van der Waals surface area (Å²) in [6.07, 6.45) is 1.05. The molecule has 2 nitrogen and oxygen atoms in total. The van der Waals surface area contributed by atoms with Gasteiger partial charge >= 0.3 is 0 Å². The van der Waals surface area contributed by atoms with Crippen LogP contribution in [0.5, 0.6) is 0 Å². The Kier molecular flexibility index (Phi) is 3.11. The van der Waals surface area contributed by atoms with Crippen molar-refractivity contribution in [3.63, 3.8) is 0 Å². The van der Waals surface area contributed by atoms with Crippen molar-refractivity contribution in [1.82, 2.24) is 0 Å². The van der Waals surface area contributed by atoms with E-state index in [9.17, 15) is 0 Å². The molecule has 12 heavy (non-hydrogen) atoms. The molecule has 0 atom stereocenters. The zero-order valence-electron chi connectivity index (χ0n) is 7.54. The first-order valence-corrected chi connectivity index (χ1v) is 4.21. The second kappa shape index (κ2) is 4.12. The van der Waals surface area contributed by atoms with Gasteiger partial charge in [-0.15, -0.1) is 0 Å². The third kappa shape index (κ3) is 2.55. The van der Waals surface area contributed by atoms with Gasteiger partial charge in [-0.2, -0.15) is 0 Å². The van der Waals surface area contributed by atoms with Crippen molar-refractivity contribution in [3.8, 4) is 0 Å². The van der Waals surface area contributed by atoms with E-state index in [1.807, 2.05) is 18.2 Å². The molecule has 0 heterocycles. The van der Waals surface area contributed by atoms with Crippen molar-refractivity contribution < 1.29 is 5.21 Å². The van der Waals surface area contributed by atoms with Gasteiger partial charge in [0, 0.05) is 0 Å². The molecule has 0 unspecified atom stereocenters. The Bertz CT molecular complexity index is 245. The highest BCUT2D eigenvalue weighted by molar-refractivity contribution is 5.43. The number of rotatable bonds is 3. The molecule has 0 spiro atoms. The molecule has 0 amide bonds. The molecule has 0 saturated carbocycles. The van der Waals surface area contributed by atoms with Gasteiger partial charge in [0.25, 0.3) is 0 Å². The Balaban J connectivity index is 2.72. The lowest BCUT2D eigenvalue weighted by atomic mass is 10.0. The highest BCUT2D eigenvalue weighted by atomic mass is 16.5. The third-order valence-corrected chi connectivity index (χ3v) is 1.70. The highest BCUT2D eigenvalue weighted by Crippen LogP contribution is 2.13. The van der Waals surface area contributed by atoms with Crippen LogP contribution in [0.1, 0.15) is 19.4 Å². The minimum atomic E-state index is 0.652. The second-order valence-corrected chi connectivity index (χ2v) is 3.41. The highest BCUT2D eigenvalue weighted by Gasteiger charge is 1.97. The van der Waals surface area contributed by atoms with Crippen LogP contribution in [0.2, 0.25) is 0 Å². The van der Waals surface area contributed by atoms with Gasteiger partial charge in [-0.05, 0) is 30.0 Å². The molecular weight excluding hydrogens is 150 g/mol. The van der Waals surface area contributed by atoms with Gasteiger partial charge in [-0.3, -0.25) is 10.7 Å². The largest absolute Gasteiger partial charge is 0.291 e. The fraction of sp³-hybridized carbons (Fsp3) is 0.400.